The summed E-state index contributed by atoms with van der Waals surface area (Å²) in [6, 6.07) is 4.70. The molecule has 0 spiro atoms. The molecule has 1 saturated heterocycles. The van der Waals surface area contributed by atoms with Gasteiger partial charge < -0.3 is 10.5 Å². The Kier molecular flexibility index (Phi) is 7.19. The Morgan fingerprint density at radius 2 is 2.19 bits per heavy atom. The molecule has 3 heterocycles. The number of nitrogen functional groups attached to an aromatic ring is 1. The SMILES string of the molecule is COc1ccc(/C(C)=N\NC(=O)c2nnn(-c3nonc3N)c2CN2CCCCC2C)cc1[N+](=O)[O-]. The number of nitrogens with one attached hydrogen (secondary N) is 1. The first-order valence-electron chi connectivity index (χ1n) is 11.2. The molecule has 15 nitrogen and oxygen atoms in total. The number of nitro groups is 1. The normalized spacial score (nSPS) is 16.6. The van der Waals surface area contributed by atoms with E-state index in [-0.39, 0.29) is 28.8 Å². The molecule has 3 N–H and O–H groups in total. The summed E-state index contributed by atoms with van der Waals surface area (Å²) in [5, 5.41) is 30.9. The molecule has 0 radical (unpaired) electrons. The van der Waals surface area contributed by atoms with E-state index in [2.05, 4.69) is 43.0 Å². The van der Waals surface area contributed by atoms with Crippen molar-refractivity contribution >= 4 is 23.1 Å². The quantitative estimate of drug-likeness (QED) is 0.261. The van der Waals surface area contributed by atoms with Gasteiger partial charge in [0.1, 0.15) is 0 Å². The first-order valence-corrected chi connectivity index (χ1v) is 11.2. The zero-order chi connectivity index (χ0) is 25.8. The Morgan fingerprint density at radius 1 is 1.39 bits per heavy atom. The van der Waals surface area contributed by atoms with Gasteiger partial charge in [-0.25, -0.2) is 10.1 Å². The molecule has 1 fully saturated rings. The van der Waals surface area contributed by atoms with Crippen LogP contribution in [-0.4, -0.2) is 66.4 Å². The van der Waals surface area contributed by atoms with Gasteiger partial charge in [0, 0.05) is 24.2 Å². The van der Waals surface area contributed by atoms with Gasteiger partial charge in [0.15, 0.2) is 11.4 Å². The van der Waals surface area contributed by atoms with Crippen LogP contribution in [0.2, 0.25) is 0 Å². The second kappa shape index (κ2) is 10.5. The van der Waals surface area contributed by atoms with Crippen molar-refractivity contribution in [1.29, 1.82) is 0 Å². The summed E-state index contributed by atoms with van der Waals surface area (Å²) >= 11 is 0. The molecule has 15 heteroatoms. The Bertz CT molecular complexity index is 1300. The van der Waals surface area contributed by atoms with Crippen molar-refractivity contribution in [2.45, 2.75) is 45.7 Å². The van der Waals surface area contributed by atoms with Crippen molar-refractivity contribution in [2.24, 2.45) is 5.10 Å². The number of rotatable bonds is 8. The lowest BCUT2D eigenvalue weighted by Gasteiger charge is -2.33. The summed E-state index contributed by atoms with van der Waals surface area (Å²) in [5.41, 5.74) is 9.38. The maximum absolute atomic E-state index is 13.1. The highest BCUT2D eigenvalue weighted by Gasteiger charge is 2.28. The summed E-state index contributed by atoms with van der Waals surface area (Å²) in [4.78, 5) is 26.1. The molecule has 190 valence electrons. The van der Waals surface area contributed by atoms with Crippen LogP contribution in [0.25, 0.3) is 5.82 Å². The van der Waals surface area contributed by atoms with Crippen LogP contribution in [0.1, 0.15) is 54.9 Å². The number of aromatic nitrogens is 5. The largest absolute Gasteiger partial charge is 0.490 e. The topological polar surface area (TPSA) is 193 Å². The van der Waals surface area contributed by atoms with Gasteiger partial charge in [-0.1, -0.05) is 11.6 Å². The minimum Gasteiger partial charge on any atom is -0.490 e. The third-order valence-electron chi connectivity index (χ3n) is 6.09. The van der Waals surface area contributed by atoms with Crippen molar-refractivity contribution in [3.63, 3.8) is 0 Å². The number of piperidine rings is 1. The highest BCUT2D eigenvalue weighted by atomic mass is 16.6. The molecular weight excluding hydrogens is 472 g/mol. The Hall–Kier alpha value is -4.40. The summed E-state index contributed by atoms with van der Waals surface area (Å²) in [6.45, 7) is 4.96. The molecule has 1 unspecified atom stereocenters. The van der Waals surface area contributed by atoms with Gasteiger partial charge in [-0.3, -0.25) is 19.8 Å². The van der Waals surface area contributed by atoms with Crippen molar-refractivity contribution in [3.8, 4) is 11.6 Å². The van der Waals surface area contributed by atoms with Crippen LogP contribution in [0.3, 0.4) is 0 Å². The molecule has 1 atom stereocenters. The van der Waals surface area contributed by atoms with Crippen LogP contribution in [-0.2, 0) is 6.54 Å². The van der Waals surface area contributed by atoms with Crippen LogP contribution in [0.15, 0.2) is 27.9 Å². The molecule has 1 aromatic carbocycles. The number of benzene rings is 1. The van der Waals surface area contributed by atoms with E-state index in [0.29, 0.717) is 29.6 Å². The van der Waals surface area contributed by atoms with Gasteiger partial charge in [0.2, 0.25) is 11.6 Å². The molecule has 3 aromatic rings. The summed E-state index contributed by atoms with van der Waals surface area (Å²) in [5.74, 6) is -0.352. The molecule has 1 amide bonds. The fourth-order valence-electron chi connectivity index (χ4n) is 4.02. The molecule has 0 aliphatic carbocycles. The third-order valence-corrected chi connectivity index (χ3v) is 6.09. The fraction of sp³-hybridized carbons (Fsp3) is 0.429. The number of carbonyl (C=O) groups excluding carboxylic acids is 1. The molecule has 2 aromatic heterocycles. The average Bonchev–Trinajstić information content (AvgIpc) is 3.48. The predicted octanol–water partition coefficient (Wildman–Crippen LogP) is 1.68. The number of likely N-dealkylation sites (tertiary alicyclic amines) is 1. The molecule has 0 saturated carbocycles. The van der Waals surface area contributed by atoms with Crippen LogP contribution < -0.4 is 15.9 Å². The van der Waals surface area contributed by atoms with E-state index in [1.165, 1.54) is 23.9 Å². The minimum absolute atomic E-state index is 0.00904. The zero-order valence-electron chi connectivity index (χ0n) is 20.0. The average molecular weight is 499 g/mol. The predicted molar refractivity (Wildman–Crippen MR) is 127 cm³/mol. The van der Waals surface area contributed by atoms with Crippen molar-refractivity contribution in [3.05, 3.63) is 45.3 Å². The van der Waals surface area contributed by atoms with E-state index in [1.807, 2.05) is 0 Å². The maximum atomic E-state index is 13.1. The maximum Gasteiger partial charge on any atom is 0.311 e. The van der Waals surface area contributed by atoms with Gasteiger partial charge in [-0.2, -0.15) is 9.78 Å². The molecule has 1 aliphatic heterocycles. The number of nitro benzene ring substituents is 1. The molecular formula is C21H26N10O5. The number of hydrazone groups is 1. The lowest BCUT2D eigenvalue weighted by Crippen LogP contribution is -2.38. The highest BCUT2D eigenvalue weighted by molar-refractivity contribution is 6.01. The fourth-order valence-corrected chi connectivity index (χ4v) is 4.02. The van der Waals surface area contributed by atoms with E-state index in [4.69, 9.17) is 15.1 Å². The second-order valence-corrected chi connectivity index (χ2v) is 8.37. The van der Waals surface area contributed by atoms with Gasteiger partial charge in [0.25, 0.3) is 5.91 Å². The molecule has 36 heavy (non-hydrogen) atoms. The van der Waals surface area contributed by atoms with Gasteiger partial charge in [-0.05, 0) is 55.7 Å². The lowest BCUT2D eigenvalue weighted by atomic mass is 10.0. The monoisotopic (exact) mass is 498 g/mol. The van der Waals surface area contributed by atoms with E-state index in [0.717, 1.165) is 25.8 Å². The number of ether oxygens (including phenoxy) is 1. The van der Waals surface area contributed by atoms with Gasteiger partial charge in [-0.15, -0.1) is 5.10 Å². The number of nitrogens with zero attached hydrogens (tertiary/aromatic N) is 8. The van der Waals surface area contributed by atoms with Crippen LogP contribution >= 0.6 is 0 Å². The minimum atomic E-state index is -0.613. The van der Waals surface area contributed by atoms with Crippen LogP contribution in [0.5, 0.6) is 5.75 Å². The number of amides is 1. The number of methoxy groups -OCH3 is 1. The number of nitrogens with two attached hydrogens (primary N) is 1. The third kappa shape index (κ3) is 5.00. The van der Waals surface area contributed by atoms with E-state index in [1.54, 1.807) is 13.0 Å². The highest BCUT2D eigenvalue weighted by Crippen LogP contribution is 2.28. The molecule has 1 aliphatic rings. The number of carbonyl (C=O) groups is 1. The number of hydrogen-bond acceptors (Lipinski definition) is 12. The second-order valence-electron chi connectivity index (χ2n) is 8.37. The van der Waals surface area contributed by atoms with Gasteiger partial charge in [0.05, 0.1) is 23.4 Å². The molecule has 0 bridgehead atoms. The first kappa shape index (κ1) is 24.7. The van der Waals surface area contributed by atoms with E-state index >= 15 is 0 Å². The standard InChI is InChI=1S/C21H26N10O5/c1-12-6-4-5-9-29(12)11-16-18(24-28-30(16)20-19(22)26-36-27-20)21(32)25-23-13(2)14-7-8-17(35-3)15(10-14)31(33)34/h7-8,10,12H,4-6,9,11H2,1-3H3,(H2,22,26)(H,25,32)/b23-13-. The summed E-state index contributed by atoms with van der Waals surface area (Å²) < 4.78 is 11.1. The van der Waals surface area contributed by atoms with Crippen molar-refractivity contribution in [1.82, 2.24) is 35.6 Å². The Morgan fingerprint density at radius 3 is 2.86 bits per heavy atom. The first-order chi connectivity index (χ1) is 17.3. The Balaban J connectivity index is 1.61. The Labute approximate surface area is 205 Å². The lowest BCUT2D eigenvalue weighted by molar-refractivity contribution is -0.385. The van der Waals surface area contributed by atoms with Crippen LogP contribution in [0.4, 0.5) is 11.5 Å². The van der Waals surface area contributed by atoms with Gasteiger partial charge >= 0.3 is 5.69 Å². The van der Waals surface area contributed by atoms with Crippen LogP contribution in [0, 0.1) is 10.1 Å². The number of hydrogen-bond donors (Lipinski definition) is 2. The summed E-state index contributed by atoms with van der Waals surface area (Å²) in [7, 11) is 1.35. The van der Waals surface area contributed by atoms with E-state index < -0.39 is 10.8 Å². The van der Waals surface area contributed by atoms with Crippen molar-refractivity contribution in [2.75, 3.05) is 19.4 Å². The van der Waals surface area contributed by atoms with E-state index in [9.17, 15) is 14.9 Å². The molecule has 4 rings (SSSR count). The summed E-state index contributed by atoms with van der Waals surface area (Å²) in [6.07, 6.45) is 3.22. The smallest absolute Gasteiger partial charge is 0.311 e. The zero-order valence-corrected chi connectivity index (χ0v) is 20.0. The van der Waals surface area contributed by atoms with Crippen molar-refractivity contribution < 1.29 is 19.1 Å². The number of anilines is 1.